The van der Waals surface area contributed by atoms with Crippen LogP contribution in [0.2, 0.25) is 4.34 Å². The first kappa shape index (κ1) is 19.9. The number of benzene rings is 1. The monoisotopic (exact) mass is 433 g/mol. The Morgan fingerprint density at radius 1 is 1.12 bits per heavy atom. The lowest BCUT2D eigenvalue weighted by Crippen LogP contribution is -2.48. The second-order valence-electron chi connectivity index (χ2n) is 6.37. The summed E-state index contributed by atoms with van der Waals surface area (Å²) in [7, 11) is -3.42. The molecule has 26 heavy (non-hydrogen) atoms. The highest BCUT2D eigenvalue weighted by atomic mass is 35.5. The fraction of sp³-hybridized carbons (Fsp3) is 0.412. The van der Waals surface area contributed by atoms with Gasteiger partial charge in [0.2, 0.25) is 0 Å². The van der Waals surface area contributed by atoms with E-state index in [-0.39, 0.29) is 12.4 Å². The first-order chi connectivity index (χ1) is 12.0. The van der Waals surface area contributed by atoms with E-state index >= 15 is 0 Å². The molecule has 0 atom stereocenters. The third kappa shape index (κ3) is 3.88. The number of halogens is 2. The zero-order valence-corrected chi connectivity index (χ0v) is 17.4. The van der Waals surface area contributed by atoms with E-state index in [2.05, 4.69) is 28.4 Å². The Kier molecular flexibility index (Phi) is 6.16. The van der Waals surface area contributed by atoms with Crippen molar-refractivity contribution in [2.75, 3.05) is 38.0 Å². The van der Waals surface area contributed by atoms with Crippen molar-refractivity contribution in [1.82, 2.24) is 9.21 Å². The summed E-state index contributed by atoms with van der Waals surface area (Å²) >= 11 is 7.01. The highest BCUT2D eigenvalue weighted by Gasteiger charge is 2.30. The molecule has 1 aromatic carbocycles. The molecule has 5 nitrogen and oxygen atoms in total. The summed E-state index contributed by atoms with van der Waals surface area (Å²) in [5.41, 5.74) is 3.95. The molecule has 0 saturated carbocycles. The number of sulfonamides is 1. The van der Waals surface area contributed by atoms with Gasteiger partial charge in [-0.1, -0.05) is 29.8 Å². The Morgan fingerprint density at radius 3 is 2.58 bits per heavy atom. The highest BCUT2D eigenvalue weighted by molar-refractivity contribution is 7.91. The molecular weight excluding hydrogens is 413 g/mol. The molecule has 2 aromatic rings. The summed E-state index contributed by atoms with van der Waals surface area (Å²) in [4.78, 5) is 2.32. The molecule has 0 bridgehead atoms. The molecule has 9 heteroatoms. The number of nitrogens with one attached hydrogen (secondary N) is 1. The van der Waals surface area contributed by atoms with Gasteiger partial charge in [0.05, 0.1) is 4.34 Å². The van der Waals surface area contributed by atoms with Crippen molar-refractivity contribution in [3.63, 3.8) is 0 Å². The van der Waals surface area contributed by atoms with Crippen LogP contribution in [0.15, 0.2) is 34.5 Å². The van der Waals surface area contributed by atoms with Crippen LogP contribution in [0.1, 0.15) is 11.1 Å². The standard InChI is InChI=1S/C17H20ClN3O2S2.ClH/c18-15-4-5-16(24-15)25(22,23)21-10-8-20(9-11-21)12-14-3-1-2-13-6-7-19-17(13)14;/h1-5,19H,6-12H2;1H. The summed E-state index contributed by atoms with van der Waals surface area (Å²) in [6.07, 6.45) is 1.08. The number of anilines is 1. The molecule has 1 saturated heterocycles. The van der Waals surface area contributed by atoms with Crippen LogP contribution >= 0.6 is 35.3 Å². The average molecular weight is 434 g/mol. The largest absolute Gasteiger partial charge is 0.384 e. The number of piperazine rings is 1. The molecule has 0 unspecified atom stereocenters. The summed E-state index contributed by atoms with van der Waals surface area (Å²) in [5.74, 6) is 0. The number of hydrogen-bond donors (Lipinski definition) is 1. The quantitative estimate of drug-likeness (QED) is 0.803. The Morgan fingerprint density at radius 2 is 1.88 bits per heavy atom. The maximum absolute atomic E-state index is 12.7. The third-order valence-corrected chi connectivity index (χ3v) is 8.40. The molecule has 142 valence electrons. The van der Waals surface area contributed by atoms with Gasteiger partial charge in [0.1, 0.15) is 4.21 Å². The number of thiophene rings is 1. The second kappa shape index (κ2) is 8.04. The first-order valence-corrected chi connectivity index (χ1v) is 11.0. The molecule has 4 rings (SSSR count). The molecule has 1 fully saturated rings. The fourth-order valence-electron chi connectivity index (χ4n) is 3.48. The lowest BCUT2D eigenvalue weighted by molar-refractivity contribution is 0.182. The van der Waals surface area contributed by atoms with Gasteiger partial charge in [-0.2, -0.15) is 4.31 Å². The number of rotatable bonds is 4. The van der Waals surface area contributed by atoms with E-state index < -0.39 is 10.0 Å². The van der Waals surface area contributed by atoms with E-state index in [1.54, 1.807) is 16.4 Å². The van der Waals surface area contributed by atoms with Crippen molar-refractivity contribution in [2.45, 2.75) is 17.2 Å². The zero-order valence-electron chi connectivity index (χ0n) is 14.2. The van der Waals surface area contributed by atoms with E-state index in [9.17, 15) is 8.42 Å². The van der Waals surface area contributed by atoms with Gasteiger partial charge in [-0.15, -0.1) is 23.7 Å². The van der Waals surface area contributed by atoms with Crippen LogP contribution in [0, 0.1) is 0 Å². The average Bonchev–Trinajstić information content (AvgIpc) is 3.25. The normalized spacial score (nSPS) is 18.2. The third-order valence-electron chi connectivity index (χ3n) is 4.80. The smallest absolute Gasteiger partial charge is 0.252 e. The van der Waals surface area contributed by atoms with Gasteiger partial charge in [0.25, 0.3) is 10.0 Å². The highest BCUT2D eigenvalue weighted by Crippen LogP contribution is 2.30. The van der Waals surface area contributed by atoms with Crippen LogP contribution < -0.4 is 5.32 Å². The number of nitrogens with zero attached hydrogens (tertiary/aromatic N) is 2. The maximum atomic E-state index is 12.7. The van der Waals surface area contributed by atoms with E-state index in [1.165, 1.54) is 16.8 Å². The van der Waals surface area contributed by atoms with Crippen molar-refractivity contribution < 1.29 is 8.42 Å². The van der Waals surface area contributed by atoms with Crippen LogP contribution in [0.5, 0.6) is 0 Å². The Hall–Kier alpha value is -0.830. The minimum Gasteiger partial charge on any atom is -0.384 e. The van der Waals surface area contributed by atoms with E-state index in [0.717, 1.165) is 43.9 Å². The molecule has 2 aliphatic rings. The predicted octanol–water partition coefficient (Wildman–Crippen LogP) is 3.30. The summed E-state index contributed by atoms with van der Waals surface area (Å²) in [6, 6.07) is 9.68. The van der Waals surface area contributed by atoms with Crippen LogP contribution in [-0.4, -0.2) is 50.3 Å². The lowest BCUT2D eigenvalue weighted by atomic mass is 10.1. The molecule has 0 radical (unpaired) electrons. The van der Waals surface area contributed by atoms with E-state index in [4.69, 9.17) is 11.6 Å². The zero-order chi connectivity index (χ0) is 17.4. The fourth-order valence-corrected chi connectivity index (χ4v) is 6.53. The summed E-state index contributed by atoms with van der Waals surface area (Å²) in [5, 5.41) is 3.47. The molecule has 0 amide bonds. The SMILES string of the molecule is Cl.O=S(=O)(c1ccc(Cl)s1)N1CCN(Cc2cccc3c2NCC3)CC1. The van der Waals surface area contributed by atoms with Gasteiger partial charge in [-0.05, 0) is 29.7 Å². The lowest BCUT2D eigenvalue weighted by Gasteiger charge is -2.34. The van der Waals surface area contributed by atoms with Crippen molar-refractivity contribution >= 4 is 51.1 Å². The molecule has 2 aliphatic heterocycles. The Balaban J connectivity index is 0.00000196. The van der Waals surface area contributed by atoms with Gasteiger partial charge < -0.3 is 5.32 Å². The molecule has 1 N–H and O–H groups in total. The van der Waals surface area contributed by atoms with Gasteiger partial charge in [0.15, 0.2) is 0 Å². The molecule has 0 aliphatic carbocycles. The summed E-state index contributed by atoms with van der Waals surface area (Å²) in [6.45, 7) is 4.36. The Bertz CT molecular complexity index is 878. The van der Waals surface area contributed by atoms with Crippen LogP contribution in [-0.2, 0) is 23.0 Å². The second-order valence-corrected chi connectivity index (χ2v) is 10.2. The first-order valence-electron chi connectivity index (χ1n) is 8.36. The maximum Gasteiger partial charge on any atom is 0.252 e. The Labute approximate surface area is 169 Å². The minimum atomic E-state index is -3.42. The minimum absolute atomic E-state index is 0. The molecule has 3 heterocycles. The predicted molar refractivity (Wildman–Crippen MR) is 109 cm³/mol. The van der Waals surface area contributed by atoms with Crippen molar-refractivity contribution in [3.8, 4) is 0 Å². The van der Waals surface area contributed by atoms with Crippen LogP contribution in [0.25, 0.3) is 0 Å². The van der Waals surface area contributed by atoms with Gasteiger partial charge in [-0.25, -0.2) is 8.42 Å². The molecular formula is C17H21Cl2N3O2S2. The van der Waals surface area contributed by atoms with Crippen molar-refractivity contribution in [1.29, 1.82) is 0 Å². The van der Waals surface area contributed by atoms with E-state index in [1.807, 2.05) is 0 Å². The topological polar surface area (TPSA) is 52.7 Å². The van der Waals surface area contributed by atoms with Crippen molar-refractivity contribution in [3.05, 3.63) is 45.8 Å². The van der Waals surface area contributed by atoms with Gasteiger partial charge >= 0.3 is 0 Å². The van der Waals surface area contributed by atoms with Crippen LogP contribution in [0.4, 0.5) is 5.69 Å². The number of hydrogen-bond acceptors (Lipinski definition) is 5. The summed E-state index contributed by atoms with van der Waals surface area (Å²) < 4.78 is 27.7. The van der Waals surface area contributed by atoms with Gasteiger partial charge in [0, 0.05) is 45.0 Å². The number of fused-ring (bicyclic) bond motifs is 1. The van der Waals surface area contributed by atoms with E-state index in [0.29, 0.717) is 21.6 Å². The van der Waals surface area contributed by atoms with Crippen molar-refractivity contribution in [2.24, 2.45) is 0 Å². The van der Waals surface area contributed by atoms with Crippen LogP contribution in [0.3, 0.4) is 0 Å². The van der Waals surface area contributed by atoms with Gasteiger partial charge in [-0.3, -0.25) is 4.90 Å². The number of para-hydroxylation sites is 1. The molecule has 0 spiro atoms. The molecule has 1 aromatic heterocycles.